The molecule has 11 rings (SSSR count). The van der Waals surface area contributed by atoms with Gasteiger partial charge in [0.2, 0.25) is 0 Å². The zero-order valence-electron chi connectivity index (χ0n) is 28.0. The minimum atomic E-state index is 0.593. The van der Waals surface area contributed by atoms with Crippen LogP contribution in [0.15, 0.2) is 161 Å². The van der Waals surface area contributed by atoms with Crippen LogP contribution in [0.2, 0.25) is 0 Å². The summed E-state index contributed by atoms with van der Waals surface area (Å²) in [6.07, 6.45) is 8.46. The van der Waals surface area contributed by atoms with Gasteiger partial charge in [-0.15, -0.1) is 0 Å². The average molecular weight is 668 g/mol. The maximum absolute atomic E-state index is 6.79. The van der Waals surface area contributed by atoms with E-state index in [1.165, 1.54) is 21.5 Å². The summed E-state index contributed by atoms with van der Waals surface area (Å²) in [4.78, 5) is 15.3. The molecule has 0 saturated carbocycles. The summed E-state index contributed by atoms with van der Waals surface area (Å²) in [6, 6.07) is 46.4. The summed E-state index contributed by atoms with van der Waals surface area (Å²) in [5.41, 5.74) is 8.24. The van der Waals surface area contributed by atoms with Gasteiger partial charge in [-0.05, 0) is 70.3 Å². The number of hydrogen-bond donors (Lipinski definition) is 0. The molecule has 0 atom stereocenters. The van der Waals surface area contributed by atoms with E-state index < -0.39 is 0 Å². The van der Waals surface area contributed by atoms with Crippen LogP contribution in [-0.2, 0) is 0 Å². The fourth-order valence-electron chi connectivity index (χ4n) is 7.92. The van der Waals surface area contributed by atoms with E-state index >= 15 is 0 Å². The molecule has 0 bridgehead atoms. The third-order valence-electron chi connectivity index (χ3n) is 10.3. The maximum Gasteiger partial charge on any atom is 0.164 e. The van der Waals surface area contributed by atoms with Crippen LogP contribution < -0.4 is 0 Å². The molecule has 0 amide bonds. The van der Waals surface area contributed by atoms with E-state index in [4.69, 9.17) is 23.8 Å². The van der Waals surface area contributed by atoms with E-state index in [0.717, 1.165) is 84.5 Å². The molecule has 52 heavy (non-hydrogen) atoms. The lowest BCUT2D eigenvalue weighted by atomic mass is 9.92. The van der Waals surface area contributed by atoms with Crippen molar-refractivity contribution in [1.29, 1.82) is 0 Å². The van der Waals surface area contributed by atoms with Crippen molar-refractivity contribution < 1.29 is 8.83 Å². The van der Waals surface area contributed by atoms with Gasteiger partial charge in [-0.25, -0.2) is 15.0 Å². The molecule has 0 fully saturated rings. The van der Waals surface area contributed by atoms with E-state index in [2.05, 4.69) is 115 Å². The van der Waals surface area contributed by atoms with Crippen molar-refractivity contribution in [2.24, 2.45) is 0 Å². The quantitative estimate of drug-likeness (QED) is 0.175. The molecule has 244 valence electrons. The van der Waals surface area contributed by atoms with Crippen LogP contribution in [-0.4, -0.2) is 15.0 Å². The molecule has 0 N–H and O–H groups in total. The third-order valence-corrected chi connectivity index (χ3v) is 10.3. The van der Waals surface area contributed by atoms with Gasteiger partial charge in [-0.1, -0.05) is 121 Å². The number of rotatable bonds is 4. The lowest BCUT2D eigenvalue weighted by Gasteiger charge is -2.12. The Hall–Kier alpha value is -6.85. The minimum absolute atomic E-state index is 0.593. The predicted molar refractivity (Wildman–Crippen MR) is 212 cm³/mol. The number of allylic oxidation sites excluding steroid dienone is 4. The number of furan rings is 2. The van der Waals surface area contributed by atoms with E-state index in [1.807, 2.05) is 36.4 Å². The summed E-state index contributed by atoms with van der Waals surface area (Å²) < 4.78 is 13.1. The lowest BCUT2D eigenvalue weighted by Crippen LogP contribution is -2.03. The van der Waals surface area contributed by atoms with Crippen molar-refractivity contribution in [3.63, 3.8) is 0 Å². The standard InChI is InChI=1S/C47H29N3O2/c1-2-12-28(13-3-1)45-48-46(30-24-25-35-34-18-8-9-22-40(34)51-42(35)27-30)50-47(49-45)38-21-11-23-41-43(38)37-20-10-19-36(44(37)52-41)39-26-29-14-4-5-15-31(29)32-16-6-7-17-33(32)39/h2,4-27H,1,3H2. The summed E-state index contributed by atoms with van der Waals surface area (Å²) in [5, 5.41) is 9.01. The molecule has 3 aromatic heterocycles. The van der Waals surface area contributed by atoms with E-state index in [-0.39, 0.29) is 0 Å². The average Bonchev–Trinajstić information content (AvgIpc) is 3.79. The number of aromatic nitrogens is 3. The van der Waals surface area contributed by atoms with Crippen LogP contribution >= 0.6 is 0 Å². The Morgan fingerprint density at radius 3 is 2.06 bits per heavy atom. The van der Waals surface area contributed by atoms with Gasteiger partial charge in [0.25, 0.3) is 0 Å². The Balaban J connectivity index is 1.14. The summed E-state index contributed by atoms with van der Waals surface area (Å²) in [6.45, 7) is 0. The summed E-state index contributed by atoms with van der Waals surface area (Å²) in [5.74, 6) is 1.84. The normalized spacial score (nSPS) is 13.3. The SMILES string of the molecule is C1=CC(c2nc(-c3ccc4c(c3)oc3ccccc34)nc(-c3cccc4oc5c(-c6cc7ccccc7c7ccccc67)cccc5c34)n2)=CCC1. The van der Waals surface area contributed by atoms with Gasteiger partial charge >= 0.3 is 0 Å². The first-order valence-corrected chi connectivity index (χ1v) is 17.7. The van der Waals surface area contributed by atoms with Crippen LogP contribution in [0.5, 0.6) is 0 Å². The van der Waals surface area contributed by atoms with Crippen molar-refractivity contribution >= 4 is 71.0 Å². The highest BCUT2D eigenvalue weighted by molar-refractivity contribution is 6.19. The van der Waals surface area contributed by atoms with Crippen molar-refractivity contribution in [3.05, 3.63) is 158 Å². The zero-order valence-corrected chi connectivity index (χ0v) is 28.0. The largest absolute Gasteiger partial charge is 0.456 e. The Morgan fingerprint density at radius 2 is 1.15 bits per heavy atom. The number of benzene rings is 7. The third kappa shape index (κ3) is 4.46. The van der Waals surface area contributed by atoms with E-state index in [9.17, 15) is 0 Å². The Bertz CT molecular complexity index is 3140. The van der Waals surface area contributed by atoms with Gasteiger partial charge in [0.15, 0.2) is 17.5 Å². The lowest BCUT2D eigenvalue weighted by molar-refractivity contribution is 0.669. The molecular weight excluding hydrogens is 639 g/mol. The molecule has 7 aromatic carbocycles. The molecule has 5 heteroatoms. The van der Waals surface area contributed by atoms with Gasteiger partial charge in [0.05, 0.1) is 0 Å². The predicted octanol–water partition coefficient (Wildman–Crippen LogP) is 12.7. The molecule has 1 aliphatic rings. The van der Waals surface area contributed by atoms with Crippen LogP contribution in [0.3, 0.4) is 0 Å². The maximum atomic E-state index is 6.79. The summed E-state index contributed by atoms with van der Waals surface area (Å²) in [7, 11) is 0. The van der Waals surface area contributed by atoms with Gasteiger partial charge in [0, 0.05) is 43.8 Å². The molecule has 0 aliphatic heterocycles. The Labute approximate surface area is 298 Å². The molecule has 5 nitrogen and oxygen atoms in total. The van der Waals surface area contributed by atoms with Crippen molar-refractivity contribution in [2.75, 3.05) is 0 Å². The molecule has 1 aliphatic carbocycles. The van der Waals surface area contributed by atoms with Crippen molar-refractivity contribution in [1.82, 2.24) is 15.0 Å². The topological polar surface area (TPSA) is 65.0 Å². The van der Waals surface area contributed by atoms with Gasteiger partial charge in [-0.2, -0.15) is 0 Å². The second-order valence-corrected chi connectivity index (χ2v) is 13.4. The van der Waals surface area contributed by atoms with Gasteiger partial charge in [0.1, 0.15) is 22.3 Å². The van der Waals surface area contributed by atoms with Gasteiger partial charge < -0.3 is 8.83 Å². The number of para-hydroxylation sites is 2. The minimum Gasteiger partial charge on any atom is -0.456 e. The first-order chi connectivity index (χ1) is 25.8. The molecule has 10 aromatic rings. The molecule has 3 heterocycles. The molecule has 0 spiro atoms. The summed E-state index contributed by atoms with van der Waals surface area (Å²) >= 11 is 0. The Kier molecular flexibility index (Phi) is 6.31. The van der Waals surface area contributed by atoms with E-state index in [0.29, 0.717) is 17.5 Å². The first kappa shape index (κ1) is 28.9. The van der Waals surface area contributed by atoms with Crippen LogP contribution in [0.25, 0.3) is 105 Å². The highest BCUT2D eigenvalue weighted by Gasteiger charge is 2.21. The molecule has 0 radical (unpaired) electrons. The second-order valence-electron chi connectivity index (χ2n) is 13.4. The fourth-order valence-corrected chi connectivity index (χ4v) is 7.92. The molecule has 0 saturated heterocycles. The van der Waals surface area contributed by atoms with Gasteiger partial charge in [-0.3, -0.25) is 0 Å². The zero-order chi connectivity index (χ0) is 34.2. The molecule has 0 unspecified atom stereocenters. The monoisotopic (exact) mass is 667 g/mol. The number of hydrogen-bond acceptors (Lipinski definition) is 5. The van der Waals surface area contributed by atoms with Crippen LogP contribution in [0.1, 0.15) is 18.7 Å². The van der Waals surface area contributed by atoms with E-state index in [1.54, 1.807) is 0 Å². The Morgan fingerprint density at radius 1 is 0.442 bits per heavy atom. The smallest absolute Gasteiger partial charge is 0.164 e. The van der Waals surface area contributed by atoms with Crippen LogP contribution in [0.4, 0.5) is 0 Å². The fraction of sp³-hybridized carbons (Fsp3) is 0.0426. The number of nitrogens with zero attached hydrogens (tertiary/aromatic N) is 3. The van der Waals surface area contributed by atoms with Crippen LogP contribution in [0, 0.1) is 0 Å². The second kappa shape index (κ2) is 11.3. The highest BCUT2D eigenvalue weighted by Crippen LogP contribution is 2.43. The highest BCUT2D eigenvalue weighted by atomic mass is 16.3. The first-order valence-electron chi connectivity index (χ1n) is 17.7. The number of fused-ring (bicyclic) bond motifs is 9. The van der Waals surface area contributed by atoms with Crippen molar-refractivity contribution in [2.45, 2.75) is 12.8 Å². The van der Waals surface area contributed by atoms with Crippen molar-refractivity contribution in [3.8, 4) is 33.9 Å². The molecular formula is C47H29N3O2.